The molecule has 1 aromatic heterocycles. The Kier molecular flexibility index (Phi) is 5.71. The Morgan fingerprint density at radius 3 is 2.33 bits per heavy atom. The van der Waals surface area contributed by atoms with E-state index < -0.39 is 11.6 Å². The van der Waals surface area contributed by atoms with E-state index in [9.17, 15) is 8.78 Å². The minimum absolute atomic E-state index is 0.133. The third kappa shape index (κ3) is 4.53. The Hall–Kier alpha value is -3.11. The molecule has 0 saturated carbocycles. The molecular weight excluding hydrogens is 431 g/mol. The fraction of sp³-hybridized carbons (Fsp3) is 0.391. The molecule has 2 aliphatic heterocycles. The highest BCUT2D eigenvalue weighted by atomic mass is 19.1. The van der Waals surface area contributed by atoms with Gasteiger partial charge in [0.2, 0.25) is 5.95 Å². The van der Waals surface area contributed by atoms with E-state index in [4.69, 9.17) is 0 Å². The summed E-state index contributed by atoms with van der Waals surface area (Å²) >= 11 is 0. The van der Waals surface area contributed by atoms with Crippen molar-refractivity contribution in [2.45, 2.75) is 13.0 Å². The number of aromatic nitrogens is 3. The van der Waals surface area contributed by atoms with Crippen LogP contribution in [0.1, 0.15) is 5.56 Å². The van der Waals surface area contributed by atoms with Crippen LogP contribution in [0.3, 0.4) is 0 Å². The molecule has 0 radical (unpaired) electrons. The quantitative estimate of drug-likeness (QED) is 0.635. The highest BCUT2D eigenvalue weighted by Gasteiger charge is 2.34. The molecule has 7 nitrogen and oxygen atoms in total. The second-order valence-corrected chi connectivity index (χ2v) is 8.81. The summed E-state index contributed by atoms with van der Waals surface area (Å²) in [6.45, 7) is 7.70. The summed E-state index contributed by atoms with van der Waals surface area (Å²) in [5.41, 5.74) is 1.91. The van der Waals surface area contributed by atoms with E-state index >= 15 is 4.39 Å². The van der Waals surface area contributed by atoms with Crippen molar-refractivity contribution in [2.24, 2.45) is 0 Å². The molecule has 5 rings (SSSR count). The Labute approximate surface area is 190 Å². The van der Waals surface area contributed by atoms with Gasteiger partial charge in [-0.3, -0.25) is 4.90 Å². The van der Waals surface area contributed by atoms with Crippen molar-refractivity contribution >= 4 is 17.3 Å². The second-order valence-electron chi connectivity index (χ2n) is 8.81. The lowest BCUT2D eigenvalue weighted by Crippen LogP contribution is -2.63. The topological polar surface area (TPSA) is 52.5 Å². The number of benzene rings is 2. The van der Waals surface area contributed by atoms with Gasteiger partial charge in [0.1, 0.15) is 18.0 Å². The second kappa shape index (κ2) is 8.68. The predicted molar refractivity (Wildman–Crippen MR) is 121 cm³/mol. The average Bonchev–Trinajstić information content (AvgIpc) is 3.19. The molecule has 3 heterocycles. The van der Waals surface area contributed by atoms with Crippen LogP contribution in [0.15, 0.2) is 36.7 Å². The molecule has 1 N–H and O–H groups in total. The van der Waals surface area contributed by atoms with Gasteiger partial charge in [0.05, 0.1) is 17.1 Å². The molecule has 0 spiro atoms. The van der Waals surface area contributed by atoms with E-state index in [1.54, 1.807) is 6.07 Å². The Morgan fingerprint density at radius 1 is 0.939 bits per heavy atom. The number of rotatable bonds is 5. The number of likely N-dealkylation sites (N-methyl/N-ethyl adjacent to an activating group) is 1. The summed E-state index contributed by atoms with van der Waals surface area (Å²) in [5.74, 6) is -1.66. The maximum Gasteiger partial charge on any atom is 0.247 e. The van der Waals surface area contributed by atoms with Crippen molar-refractivity contribution in [1.29, 1.82) is 0 Å². The molecule has 0 aliphatic carbocycles. The number of nitrogens with zero attached hydrogens (tertiary/aromatic N) is 6. The van der Waals surface area contributed by atoms with E-state index in [0.717, 1.165) is 63.0 Å². The number of hydrogen-bond donors (Lipinski definition) is 1. The minimum atomic E-state index is -0.714. The number of nitrogens with one attached hydrogen (secondary N) is 1. The smallest absolute Gasteiger partial charge is 0.247 e. The van der Waals surface area contributed by atoms with Gasteiger partial charge >= 0.3 is 0 Å². The van der Waals surface area contributed by atoms with Crippen LogP contribution in [0.2, 0.25) is 0 Å². The lowest BCUT2D eigenvalue weighted by atomic mass is 10.0. The molecule has 0 amide bonds. The first-order chi connectivity index (χ1) is 15.9. The molecular formula is C23H26F3N7. The molecule has 0 atom stereocenters. The fourth-order valence-corrected chi connectivity index (χ4v) is 4.38. The highest BCUT2D eigenvalue weighted by molar-refractivity contribution is 5.66. The van der Waals surface area contributed by atoms with Gasteiger partial charge in [-0.1, -0.05) is 0 Å². The van der Waals surface area contributed by atoms with Crippen LogP contribution in [0.4, 0.5) is 30.5 Å². The first kappa shape index (κ1) is 21.7. The summed E-state index contributed by atoms with van der Waals surface area (Å²) in [6.07, 6.45) is 1.32. The maximum absolute atomic E-state index is 15.4. The van der Waals surface area contributed by atoms with Crippen LogP contribution in [0.5, 0.6) is 0 Å². The SMILES string of the molecule is Cc1cc(Nc2ncn(-c3cc(F)cc(F)c3)n2)c(F)c(N2CC(N3CCN(C)CC3)C2)c1. The van der Waals surface area contributed by atoms with Crippen LogP contribution in [0.25, 0.3) is 5.69 Å². The van der Waals surface area contributed by atoms with Crippen molar-refractivity contribution in [3.05, 3.63) is 59.7 Å². The molecule has 2 aliphatic rings. The molecule has 2 saturated heterocycles. The standard InChI is InChI=1S/C23H26F3N7/c1-15-7-20(28-23-27-14-33(29-23)18-10-16(24)9-17(25)11-18)22(26)21(8-15)32-12-19(13-32)31-5-3-30(2)4-6-31/h7-11,14,19H,3-6,12-13H2,1-2H3,(H,28,29). The van der Waals surface area contributed by atoms with Crippen LogP contribution in [-0.2, 0) is 0 Å². The zero-order valence-electron chi connectivity index (χ0n) is 18.6. The summed E-state index contributed by atoms with van der Waals surface area (Å²) in [5, 5.41) is 7.09. The third-order valence-electron chi connectivity index (χ3n) is 6.31. The number of anilines is 3. The van der Waals surface area contributed by atoms with Gasteiger partial charge in [-0.15, -0.1) is 5.10 Å². The van der Waals surface area contributed by atoms with Crippen molar-refractivity contribution in [3.63, 3.8) is 0 Å². The van der Waals surface area contributed by atoms with E-state index in [2.05, 4.69) is 37.1 Å². The molecule has 2 aromatic carbocycles. The largest absolute Gasteiger partial charge is 0.366 e. The number of halogens is 3. The fourth-order valence-electron chi connectivity index (χ4n) is 4.38. The van der Waals surface area contributed by atoms with Crippen LogP contribution < -0.4 is 10.2 Å². The monoisotopic (exact) mass is 457 g/mol. The number of hydrogen-bond acceptors (Lipinski definition) is 6. The molecule has 33 heavy (non-hydrogen) atoms. The van der Waals surface area contributed by atoms with Gasteiger partial charge in [0.25, 0.3) is 0 Å². The predicted octanol–water partition coefficient (Wildman–Crippen LogP) is 3.17. The van der Waals surface area contributed by atoms with Gasteiger partial charge in [0, 0.05) is 51.4 Å². The lowest BCUT2D eigenvalue weighted by molar-refractivity contribution is 0.0961. The first-order valence-corrected chi connectivity index (χ1v) is 11.0. The Morgan fingerprint density at radius 2 is 1.64 bits per heavy atom. The number of aryl methyl sites for hydroxylation is 1. The van der Waals surface area contributed by atoms with E-state index in [-0.39, 0.29) is 23.1 Å². The summed E-state index contributed by atoms with van der Waals surface area (Å²) in [7, 11) is 2.13. The molecule has 0 unspecified atom stereocenters. The van der Waals surface area contributed by atoms with Crippen molar-refractivity contribution in [3.8, 4) is 5.69 Å². The maximum atomic E-state index is 15.4. The summed E-state index contributed by atoms with van der Waals surface area (Å²) in [4.78, 5) is 11.0. The number of piperazine rings is 1. The lowest BCUT2D eigenvalue weighted by Gasteiger charge is -2.49. The van der Waals surface area contributed by atoms with Gasteiger partial charge < -0.3 is 15.1 Å². The minimum Gasteiger partial charge on any atom is -0.366 e. The Bertz CT molecular complexity index is 1130. The summed E-state index contributed by atoms with van der Waals surface area (Å²) < 4.78 is 43.6. The third-order valence-corrected chi connectivity index (χ3v) is 6.31. The van der Waals surface area contributed by atoms with Gasteiger partial charge in [-0.2, -0.15) is 4.98 Å². The van der Waals surface area contributed by atoms with Crippen molar-refractivity contribution in [2.75, 3.05) is 56.5 Å². The van der Waals surface area contributed by atoms with Crippen molar-refractivity contribution in [1.82, 2.24) is 24.6 Å². The molecule has 0 bridgehead atoms. The average molecular weight is 458 g/mol. The van der Waals surface area contributed by atoms with Gasteiger partial charge in [0.15, 0.2) is 5.82 Å². The molecule has 174 valence electrons. The van der Waals surface area contributed by atoms with Crippen molar-refractivity contribution < 1.29 is 13.2 Å². The molecule has 2 fully saturated rings. The Balaban J connectivity index is 1.30. The summed E-state index contributed by atoms with van der Waals surface area (Å²) in [6, 6.07) is 7.06. The van der Waals surface area contributed by atoms with E-state index in [1.165, 1.54) is 11.0 Å². The van der Waals surface area contributed by atoms with Gasteiger partial charge in [-0.05, 0) is 43.8 Å². The van der Waals surface area contributed by atoms with Gasteiger partial charge in [-0.25, -0.2) is 17.9 Å². The first-order valence-electron chi connectivity index (χ1n) is 11.0. The van der Waals surface area contributed by atoms with Crippen LogP contribution in [-0.4, -0.2) is 76.9 Å². The highest BCUT2D eigenvalue weighted by Crippen LogP contribution is 2.33. The molecule has 10 heteroatoms. The zero-order valence-corrected chi connectivity index (χ0v) is 18.6. The zero-order chi connectivity index (χ0) is 23.1. The van der Waals surface area contributed by atoms with E-state index in [0.29, 0.717) is 11.7 Å². The van der Waals surface area contributed by atoms with Crippen LogP contribution in [0, 0.1) is 24.4 Å². The normalized spacial score (nSPS) is 17.9. The van der Waals surface area contributed by atoms with E-state index in [1.807, 2.05) is 13.0 Å². The molecule has 3 aromatic rings. The van der Waals surface area contributed by atoms with Crippen LogP contribution >= 0.6 is 0 Å².